The van der Waals surface area contributed by atoms with Crippen LogP contribution in [0, 0.1) is 0 Å². The van der Waals surface area contributed by atoms with Gasteiger partial charge >= 0.3 is 0 Å². The van der Waals surface area contributed by atoms with Crippen molar-refractivity contribution in [2.45, 2.75) is 4.90 Å². The van der Waals surface area contributed by atoms with Gasteiger partial charge in [-0.25, -0.2) is 4.90 Å². The molecule has 0 aliphatic carbocycles. The largest absolute Gasteiger partial charge is 0.495 e. The summed E-state index contributed by atoms with van der Waals surface area (Å²) < 4.78 is 5.36. The zero-order valence-corrected chi connectivity index (χ0v) is 19.6. The molecule has 1 aliphatic heterocycles. The third-order valence-electron chi connectivity index (χ3n) is 4.55. The summed E-state index contributed by atoms with van der Waals surface area (Å²) in [4.78, 5) is 28.9. The summed E-state index contributed by atoms with van der Waals surface area (Å²) in [6.07, 6.45) is 0. The Kier molecular flexibility index (Phi) is 6.67. The number of benzene rings is 3. The van der Waals surface area contributed by atoms with Gasteiger partial charge in [0.25, 0.3) is 11.8 Å². The molecule has 1 heterocycles. The molecule has 0 saturated carbocycles. The van der Waals surface area contributed by atoms with Crippen LogP contribution in [0.5, 0.6) is 5.75 Å². The molecule has 3 aromatic carbocycles. The lowest BCUT2D eigenvalue weighted by Gasteiger charge is -2.18. The number of hydrogen-bond donors (Lipinski definition) is 1. The number of imide groups is 1. The second-order valence-electron chi connectivity index (χ2n) is 6.66. The van der Waals surface area contributed by atoms with E-state index in [1.165, 1.54) is 13.2 Å². The molecule has 3 aromatic rings. The highest BCUT2D eigenvalue weighted by Gasteiger charge is 2.41. The summed E-state index contributed by atoms with van der Waals surface area (Å²) in [5, 5.41) is 4.49. The predicted octanol–water partition coefficient (Wildman–Crippen LogP) is 6.64. The number of hydrogen-bond acceptors (Lipinski definition) is 5. The maximum Gasteiger partial charge on any atom is 0.283 e. The summed E-state index contributed by atoms with van der Waals surface area (Å²) in [6, 6.07) is 18.6. The first-order valence-electron chi connectivity index (χ1n) is 9.30. The van der Waals surface area contributed by atoms with Crippen LogP contribution in [0.3, 0.4) is 0 Å². The molecule has 0 radical (unpaired) electrons. The molecule has 0 bridgehead atoms. The molecule has 9 heteroatoms. The normalized spacial score (nSPS) is 13.7. The van der Waals surface area contributed by atoms with E-state index in [4.69, 9.17) is 39.5 Å². The molecule has 0 spiro atoms. The summed E-state index contributed by atoms with van der Waals surface area (Å²) in [6.45, 7) is 0. The fraction of sp³-hybridized carbons (Fsp3) is 0.0435. The fourth-order valence-electron chi connectivity index (χ4n) is 3.10. The Hall–Kier alpha value is -2.64. The van der Waals surface area contributed by atoms with Crippen LogP contribution in [0.4, 0.5) is 11.4 Å². The lowest BCUT2D eigenvalue weighted by Crippen LogP contribution is -2.32. The van der Waals surface area contributed by atoms with Crippen molar-refractivity contribution in [1.82, 2.24) is 0 Å². The van der Waals surface area contributed by atoms with Crippen LogP contribution in [-0.4, -0.2) is 18.9 Å². The van der Waals surface area contributed by atoms with E-state index in [-0.39, 0.29) is 16.3 Å². The van der Waals surface area contributed by atoms with Gasteiger partial charge in [-0.3, -0.25) is 9.59 Å². The molecular formula is C23H15Cl3N2O3S. The Morgan fingerprint density at radius 3 is 2.22 bits per heavy atom. The van der Waals surface area contributed by atoms with Gasteiger partial charge in [0.15, 0.2) is 0 Å². The summed E-state index contributed by atoms with van der Waals surface area (Å²) in [5.74, 6) is -0.692. The molecule has 0 aromatic heterocycles. The number of carbonyl (C=O) groups is 2. The summed E-state index contributed by atoms with van der Waals surface area (Å²) in [5.41, 5.74) is 0.953. The summed E-state index contributed by atoms with van der Waals surface area (Å²) >= 11 is 19.4. The van der Waals surface area contributed by atoms with E-state index >= 15 is 0 Å². The molecular weight excluding hydrogens is 491 g/mol. The van der Waals surface area contributed by atoms with Crippen LogP contribution in [0.25, 0.3) is 0 Å². The van der Waals surface area contributed by atoms with Gasteiger partial charge in [0.1, 0.15) is 16.4 Å². The van der Waals surface area contributed by atoms with Gasteiger partial charge in [-0.2, -0.15) is 0 Å². The first-order valence-corrected chi connectivity index (χ1v) is 11.2. The standard InChI is InChI=1S/C23H15Cl3N2O3S/c1-31-19-10-7-15(26)12-18(19)28-22(29)20(27-16-4-2-3-14(25)11-16)21(23(28)30)32-17-8-5-13(24)6-9-17/h2-12,27H,1H3. The number of nitrogens with zero attached hydrogens (tertiary/aromatic N) is 1. The number of amides is 2. The Balaban J connectivity index is 1.79. The minimum Gasteiger partial charge on any atom is -0.495 e. The van der Waals surface area contributed by atoms with Crippen molar-refractivity contribution in [3.8, 4) is 5.75 Å². The van der Waals surface area contributed by atoms with Crippen LogP contribution in [0.15, 0.2) is 82.2 Å². The zero-order chi connectivity index (χ0) is 22.8. The molecule has 0 atom stereocenters. The lowest BCUT2D eigenvalue weighted by molar-refractivity contribution is -0.120. The monoisotopic (exact) mass is 504 g/mol. The highest BCUT2D eigenvalue weighted by Crippen LogP contribution is 2.41. The van der Waals surface area contributed by atoms with Crippen molar-refractivity contribution in [2.24, 2.45) is 0 Å². The Labute approximate surface area is 203 Å². The van der Waals surface area contributed by atoms with Gasteiger partial charge in [0.2, 0.25) is 0 Å². The van der Waals surface area contributed by atoms with Crippen molar-refractivity contribution < 1.29 is 14.3 Å². The number of halogens is 3. The Morgan fingerprint density at radius 2 is 1.53 bits per heavy atom. The van der Waals surface area contributed by atoms with E-state index in [9.17, 15) is 9.59 Å². The topological polar surface area (TPSA) is 58.6 Å². The van der Waals surface area contributed by atoms with Crippen molar-refractivity contribution in [2.75, 3.05) is 17.3 Å². The van der Waals surface area contributed by atoms with Crippen molar-refractivity contribution >= 4 is 69.8 Å². The van der Waals surface area contributed by atoms with Crippen LogP contribution in [0.1, 0.15) is 0 Å². The Morgan fingerprint density at radius 1 is 0.844 bits per heavy atom. The average molecular weight is 506 g/mol. The molecule has 0 unspecified atom stereocenters. The van der Waals surface area contributed by atoms with Crippen LogP contribution >= 0.6 is 46.6 Å². The molecule has 0 fully saturated rings. The smallest absolute Gasteiger partial charge is 0.283 e. The number of anilines is 2. The van der Waals surface area contributed by atoms with E-state index in [1.54, 1.807) is 60.7 Å². The van der Waals surface area contributed by atoms with E-state index in [2.05, 4.69) is 5.32 Å². The first-order chi connectivity index (χ1) is 15.4. The minimum absolute atomic E-state index is 0.124. The highest BCUT2D eigenvalue weighted by atomic mass is 35.5. The van der Waals surface area contributed by atoms with Crippen LogP contribution in [-0.2, 0) is 9.59 Å². The van der Waals surface area contributed by atoms with Gasteiger partial charge in [0, 0.05) is 25.7 Å². The maximum atomic E-state index is 13.5. The molecule has 1 N–H and O–H groups in total. The van der Waals surface area contributed by atoms with E-state index in [0.717, 1.165) is 21.6 Å². The zero-order valence-electron chi connectivity index (χ0n) is 16.6. The maximum absolute atomic E-state index is 13.5. The van der Waals surface area contributed by atoms with Crippen LogP contribution < -0.4 is 15.0 Å². The second-order valence-corrected chi connectivity index (χ2v) is 9.05. The second kappa shape index (κ2) is 9.46. The van der Waals surface area contributed by atoms with Crippen LogP contribution in [0.2, 0.25) is 15.1 Å². The average Bonchev–Trinajstić information content (AvgIpc) is 2.99. The number of ether oxygens (including phenoxy) is 1. The quantitative estimate of drug-likeness (QED) is 0.380. The lowest BCUT2D eigenvalue weighted by atomic mass is 10.2. The van der Waals surface area contributed by atoms with Gasteiger partial charge < -0.3 is 10.1 Å². The fourth-order valence-corrected chi connectivity index (χ4v) is 4.51. The molecule has 4 rings (SSSR count). The SMILES string of the molecule is COc1ccc(Cl)cc1N1C(=O)C(Nc2cccc(Cl)c2)=C(Sc2ccc(Cl)cc2)C1=O. The van der Waals surface area contributed by atoms with E-state index in [1.807, 2.05) is 0 Å². The molecule has 162 valence electrons. The minimum atomic E-state index is -0.535. The third kappa shape index (κ3) is 4.59. The van der Waals surface area contributed by atoms with Crippen molar-refractivity contribution in [3.63, 3.8) is 0 Å². The number of carbonyl (C=O) groups excluding carboxylic acids is 2. The van der Waals surface area contributed by atoms with Gasteiger partial charge in [-0.1, -0.05) is 52.6 Å². The van der Waals surface area contributed by atoms with Gasteiger partial charge in [-0.05, 0) is 60.7 Å². The van der Waals surface area contributed by atoms with E-state index in [0.29, 0.717) is 26.5 Å². The highest BCUT2D eigenvalue weighted by molar-refractivity contribution is 8.04. The van der Waals surface area contributed by atoms with Crippen molar-refractivity contribution in [1.29, 1.82) is 0 Å². The molecule has 1 aliphatic rings. The van der Waals surface area contributed by atoms with Gasteiger partial charge in [0.05, 0.1) is 12.8 Å². The Bertz CT molecular complexity index is 1250. The third-order valence-corrected chi connectivity index (χ3v) is 6.36. The predicted molar refractivity (Wildman–Crippen MR) is 130 cm³/mol. The van der Waals surface area contributed by atoms with Crippen molar-refractivity contribution in [3.05, 3.63) is 92.4 Å². The molecule has 32 heavy (non-hydrogen) atoms. The number of methoxy groups -OCH3 is 1. The first kappa shape index (κ1) is 22.6. The summed E-state index contributed by atoms with van der Waals surface area (Å²) in [7, 11) is 1.46. The number of thioether (sulfide) groups is 1. The van der Waals surface area contributed by atoms with E-state index < -0.39 is 11.8 Å². The van der Waals surface area contributed by atoms with Gasteiger partial charge in [-0.15, -0.1) is 0 Å². The molecule has 5 nitrogen and oxygen atoms in total. The molecule has 0 saturated heterocycles. The number of rotatable bonds is 6. The molecule has 2 amide bonds. The number of nitrogens with one attached hydrogen (secondary N) is 1.